The van der Waals surface area contributed by atoms with E-state index in [2.05, 4.69) is 0 Å². The SMILES string of the molecule is O=[N+]([O-])c1ccc[c]([SnH])c1. The first-order valence-corrected chi connectivity index (χ1v) is 4.35. The molecule has 0 N–H and O–H groups in total. The van der Waals surface area contributed by atoms with Crippen molar-refractivity contribution in [3.05, 3.63) is 34.4 Å². The van der Waals surface area contributed by atoms with E-state index in [4.69, 9.17) is 0 Å². The second-order valence-electron chi connectivity index (χ2n) is 1.85. The van der Waals surface area contributed by atoms with Gasteiger partial charge in [0, 0.05) is 0 Å². The van der Waals surface area contributed by atoms with Crippen LogP contribution < -0.4 is 3.58 Å². The van der Waals surface area contributed by atoms with E-state index in [0.29, 0.717) is 0 Å². The summed E-state index contributed by atoms with van der Waals surface area (Å²) in [7, 11) is 0. The van der Waals surface area contributed by atoms with Crippen molar-refractivity contribution in [2.24, 2.45) is 0 Å². The quantitative estimate of drug-likeness (QED) is 0.398. The van der Waals surface area contributed by atoms with Gasteiger partial charge in [0.15, 0.2) is 0 Å². The third-order valence-electron chi connectivity index (χ3n) is 1.08. The van der Waals surface area contributed by atoms with Crippen LogP contribution in [0.4, 0.5) is 5.69 Å². The van der Waals surface area contributed by atoms with Crippen LogP contribution in [0.15, 0.2) is 24.3 Å². The molecule has 0 fully saturated rings. The summed E-state index contributed by atoms with van der Waals surface area (Å²) in [5.74, 6) is 0. The molecule has 0 saturated heterocycles. The minimum atomic E-state index is -0.375. The first kappa shape index (κ1) is 7.52. The van der Waals surface area contributed by atoms with Crippen molar-refractivity contribution in [3.8, 4) is 0 Å². The Morgan fingerprint density at radius 3 is 2.60 bits per heavy atom. The molecule has 0 aliphatic heterocycles. The van der Waals surface area contributed by atoms with Crippen molar-refractivity contribution in [3.63, 3.8) is 0 Å². The summed E-state index contributed by atoms with van der Waals surface area (Å²) in [5, 5.41) is 10.2. The molecule has 2 radical (unpaired) electrons. The van der Waals surface area contributed by atoms with E-state index in [1.807, 2.05) is 6.07 Å². The summed E-state index contributed by atoms with van der Waals surface area (Å²) < 4.78 is 1.04. The van der Waals surface area contributed by atoms with Gasteiger partial charge in [0.05, 0.1) is 0 Å². The van der Waals surface area contributed by atoms with Crippen LogP contribution >= 0.6 is 0 Å². The Bertz CT molecular complexity index is 262. The van der Waals surface area contributed by atoms with E-state index < -0.39 is 0 Å². The number of rotatable bonds is 1. The van der Waals surface area contributed by atoms with Crippen LogP contribution in [0, 0.1) is 10.1 Å². The normalized spacial score (nSPS) is 9.30. The number of nitro benzene ring substituents is 1. The van der Waals surface area contributed by atoms with Crippen molar-refractivity contribution in [2.75, 3.05) is 0 Å². The van der Waals surface area contributed by atoms with Gasteiger partial charge < -0.3 is 0 Å². The van der Waals surface area contributed by atoms with Crippen molar-refractivity contribution < 1.29 is 4.92 Å². The van der Waals surface area contributed by atoms with Gasteiger partial charge in [0.1, 0.15) is 0 Å². The van der Waals surface area contributed by atoms with Crippen LogP contribution in [0.3, 0.4) is 0 Å². The van der Waals surface area contributed by atoms with Crippen molar-refractivity contribution in [1.82, 2.24) is 0 Å². The molecule has 0 atom stereocenters. The second kappa shape index (κ2) is 3.00. The fourth-order valence-corrected chi connectivity index (χ4v) is 1.44. The Morgan fingerprint density at radius 1 is 1.50 bits per heavy atom. The molecule has 1 rings (SSSR count). The monoisotopic (exact) mass is 243 g/mol. The summed E-state index contributed by atoms with van der Waals surface area (Å²) in [6, 6.07) is 6.69. The van der Waals surface area contributed by atoms with Gasteiger partial charge in [-0.3, -0.25) is 0 Å². The topological polar surface area (TPSA) is 43.1 Å². The van der Waals surface area contributed by atoms with Crippen LogP contribution in [-0.4, -0.2) is 27.4 Å². The fraction of sp³-hybridized carbons (Fsp3) is 0. The maximum atomic E-state index is 10.2. The van der Waals surface area contributed by atoms with E-state index in [1.165, 1.54) is 6.07 Å². The molecule has 10 heavy (non-hydrogen) atoms. The van der Waals surface area contributed by atoms with Crippen LogP contribution in [0.5, 0.6) is 0 Å². The van der Waals surface area contributed by atoms with Crippen molar-refractivity contribution in [2.45, 2.75) is 0 Å². The zero-order valence-corrected chi connectivity index (χ0v) is 8.45. The molecule has 4 heteroatoms. The first-order chi connectivity index (χ1) is 4.70. The maximum absolute atomic E-state index is 10.2. The molecule has 0 saturated carbocycles. The van der Waals surface area contributed by atoms with E-state index in [0.717, 1.165) is 26.1 Å². The van der Waals surface area contributed by atoms with Gasteiger partial charge in [-0.2, -0.15) is 0 Å². The summed E-state index contributed by atoms with van der Waals surface area (Å²) >= 11 is 0.925. The van der Waals surface area contributed by atoms with E-state index in [9.17, 15) is 10.1 Å². The molecule has 0 bridgehead atoms. The number of hydrogen-bond donors (Lipinski definition) is 0. The Kier molecular flexibility index (Phi) is 2.26. The number of non-ortho nitro benzene ring substituents is 1. The summed E-state index contributed by atoms with van der Waals surface area (Å²) in [6.07, 6.45) is 0. The summed E-state index contributed by atoms with van der Waals surface area (Å²) in [4.78, 5) is 9.80. The molecular weight excluding hydrogens is 237 g/mol. The molecule has 0 aliphatic carbocycles. The standard InChI is InChI=1S/C6H4NO2.Sn.H/c8-7(9)6-4-2-1-3-5-6;;/h1-2,4-5H;;. The van der Waals surface area contributed by atoms with Gasteiger partial charge in [-0.05, 0) is 0 Å². The molecule has 0 aromatic heterocycles. The van der Waals surface area contributed by atoms with Crippen LogP contribution in [0.2, 0.25) is 0 Å². The molecule has 3 nitrogen and oxygen atoms in total. The van der Waals surface area contributed by atoms with Crippen molar-refractivity contribution >= 4 is 31.8 Å². The Hall–Kier alpha value is -0.581. The number of benzene rings is 1. The Labute approximate surface area is 71.3 Å². The molecule has 1 aromatic carbocycles. The number of nitrogens with zero attached hydrogens (tertiary/aromatic N) is 1. The van der Waals surface area contributed by atoms with Gasteiger partial charge in [0.2, 0.25) is 0 Å². The average molecular weight is 242 g/mol. The molecular formula is C6H5NO2Sn. The van der Waals surface area contributed by atoms with Crippen LogP contribution in [0.1, 0.15) is 0 Å². The minimum absolute atomic E-state index is 0.185. The predicted octanol–water partition coefficient (Wildman–Crippen LogP) is 0.121. The Balaban J connectivity index is 3.07. The number of nitro groups is 1. The van der Waals surface area contributed by atoms with Gasteiger partial charge in [-0.25, -0.2) is 0 Å². The summed E-state index contributed by atoms with van der Waals surface area (Å²) in [6.45, 7) is 0. The molecule has 0 aliphatic rings. The van der Waals surface area contributed by atoms with Gasteiger partial charge >= 0.3 is 71.1 Å². The fourth-order valence-electron chi connectivity index (χ4n) is 0.638. The zero-order valence-electron chi connectivity index (χ0n) is 5.15. The van der Waals surface area contributed by atoms with E-state index in [-0.39, 0.29) is 10.6 Å². The zero-order chi connectivity index (χ0) is 7.56. The van der Waals surface area contributed by atoms with Crippen molar-refractivity contribution in [1.29, 1.82) is 0 Å². The molecule has 0 amide bonds. The van der Waals surface area contributed by atoms with E-state index >= 15 is 0 Å². The first-order valence-electron chi connectivity index (χ1n) is 2.70. The molecule has 1 aromatic rings. The third kappa shape index (κ3) is 1.70. The Morgan fingerprint density at radius 2 is 2.20 bits per heavy atom. The second-order valence-corrected chi connectivity index (χ2v) is 3.75. The van der Waals surface area contributed by atoms with Gasteiger partial charge in [-0.1, -0.05) is 0 Å². The summed E-state index contributed by atoms with van der Waals surface area (Å²) in [5.41, 5.74) is 0.185. The molecule has 0 spiro atoms. The average Bonchev–Trinajstić information content (AvgIpc) is 1.88. The number of hydrogen-bond acceptors (Lipinski definition) is 2. The third-order valence-corrected chi connectivity index (χ3v) is 2.11. The van der Waals surface area contributed by atoms with Gasteiger partial charge in [-0.15, -0.1) is 0 Å². The molecule has 0 unspecified atom stereocenters. The molecule has 50 valence electrons. The van der Waals surface area contributed by atoms with E-state index in [1.54, 1.807) is 12.1 Å². The predicted molar refractivity (Wildman–Crippen MR) is 39.9 cm³/mol. The van der Waals surface area contributed by atoms with Crippen LogP contribution in [0.25, 0.3) is 0 Å². The van der Waals surface area contributed by atoms with Crippen LogP contribution in [-0.2, 0) is 0 Å². The van der Waals surface area contributed by atoms with Gasteiger partial charge in [0.25, 0.3) is 0 Å². The molecule has 0 heterocycles.